The maximum Gasteiger partial charge on any atom is 0.305 e. The highest BCUT2D eigenvalue weighted by atomic mass is 35.5. The Morgan fingerprint density at radius 2 is 2.08 bits per heavy atom. The molecule has 25 heavy (non-hydrogen) atoms. The number of benzene rings is 1. The first kappa shape index (κ1) is 17.2. The van der Waals surface area contributed by atoms with Gasteiger partial charge >= 0.3 is 5.97 Å². The fraction of sp³-hybridized carbons (Fsp3) is 0.125. The van der Waals surface area contributed by atoms with Crippen molar-refractivity contribution in [3.8, 4) is 11.3 Å². The molecule has 0 unspecified atom stereocenters. The number of rotatable bonds is 5. The van der Waals surface area contributed by atoms with Crippen LogP contribution in [0.4, 0.5) is 0 Å². The summed E-state index contributed by atoms with van der Waals surface area (Å²) in [7, 11) is 0. The van der Waals surface area contributed by atoms with Crippen LogP contribution in [-0.4, -0.2) is 31.9 Å². The number of amidine groups is 1. The molecule has 0 radical (unpaired) electrons. The molecule has 2 aromatic rings. The zero-order valence-corrected chi connectivity index (χ0v) is 14.4. The molecule has 0 fully saturated rings. The molecule has 9 heteroatoms. The Balaban J connectivity index is 1.99. The second kappa shape index (κ2) is 7.12. The summed E-state index contributed by atoms with van der Waals surface area (Å²) in [5, 5.41) is 14.1. The Kier molecular flexibility index (Phi) is 4.91. The van der Waals surface area contributed by atoms with E-state index in [0.717, 1.165) is 17.3 Å². The van der Waals surface area contributed by atoms with Gasteiger partial charge in [-0.25, -0.2) is 0 Å². The van der Waals surface area contributed by atoms with Crippen LogP contribution in [0.1, 0.15) is 12.0 Å². The monoisotopic (exact) mass is 376 g/mol. The predicted molar refractivity (Wildman–Crippen MR) is 97.1 cm³/mol. The van der Waals surface area contributed by atoms with E-state index < -0.39 is 11.9 Å². The number of aliphatic carboxylic acids is 1. The number of aromatic nitrogens is 2. The lowest BCUT2D eigenvalue weighted by molar-refractivity contribution is -0.137. The standard InChI is InChI=1S/C16H13ClN4O3S/c17-11-3-1-9(2-4-11)14-10(7-12-15(24)19-16(18)25-12)8-21(20-14)6-5-13(22)23/h1-4,7-8H,5-6H2,(H,22,23)(H2,18,19,24). The third-order valence-corrected chi connectivity index (χ3v) is 4.45. The Labute approximate surface area is 152 Å². The van der Waals surface area contributed by atoms with Crippen molar-refractivity contribution in [1.82, 2.24) is 9.78 Å². The Bertz CT molecular complexity index is 903. The summed E-state index contributed by atoms with van der Waals surface area (Å²) < 4.78 is 1.54. The van der Waals surface area contributed by atoms with Crippen LogP contribution in [0.2, 0.25) is 5.02 Å². The molecular weight excluding hydrogens is 364 g/mol. The molecule has 0 atom stereocenters. The van der Waals surface area contributed by atoms with Crippen molar-refractivity contribution in [3.05, 3.63) is 46.0 Å². The summed E-state index contributed by atoms with van der Waals surface area (Å²) in [5.41, 5.74) is 7.67. The summed E-state index contributed by atoms with van der Waals surface area (Å²) in [5.74, 6) is -1.31. The van der Waals surface area contributed by atoms with Crippen molar-refractivity contribution >= 4 is 46.5 Å². The van der Waals surface area contributed by atoms with E-state index in [0.29, 0.717) is 21.2 Å². The lowest BCUT2D eigenvalue weighted by Crippen LogP contribution is -2.04. The van der Waals surface area contributed by atoms with E-state index >= 15 is 0 Å². The molecule has 7 nitrogen and oxygen atoms in total. The number of nitrogens with two attached hydrogens (primary N) is 1. The Morgan fingerprint density at radius 3 is 2.68 bits per heavy atom. The van der Waals surface area contributed by atoms with Crippen molar-refractivity contribution in [2.24, 2.45) is 10.7 Å². The van der Waals surface area contributed by atoms with Crippen LogP contribution < -0.4 is 5.73 Å². The number of carboxylic acid groups (broad SMARTS) is 1. The summed E-state index contributed by atoms with van der Waals surface area (Å²) in [4.78, 5) is 26.7. The number of hydrogen-bond donors (Lipinski definition) is 2. The highest BCUT2D eigenvalue weighted by Gasteiger charge is 2.21. The van der Waals surface area contributed by atoms with Gasteiger partial charge in [-0.3, -0.25) is 14.3 Å². The van der Waals surface area contributed by atoms with Gasteiger partial charge in [0.2, 0.25) is 0 Å². The van der Waals surface area contributed by atoms with Gasteiger partial charge in [0.1, 0.15) is 0 Å². The van der Waals surface area contributed by atoms with E-state index in [4.69, 9.17) is 22.4 Å². The fourth-order valence-corrected chi connectivity index (χ4v) is 3.06. The topological polar surface area (TPSA) is 111 Å². The number of carbonyl (C=O) groups is 2. The minimum absolute atomic E-state index is 0.0541. The fourth-order valence-electron chi connectivity index (χ4n) is 2.27. The molecule has 1 aromatic heterocycles. The molecule has 1 aliphatic heterocycles. The molecule has 1 amide bonds. The Hall–Kier alpha value is -2.58. The quantitative estimate of drug-likeness (QED) is 0.776. The largest absolute Gasteiger partial charge is 0.481 e. The number of hydrogen-bond acceptors (Lipinski definition) is 5. The Morgan fingerprint density at radius 1 is 1.36 bits per heavy atom. The first-order valence-corrected chi connectivity index (χ1v) is 8.45. The third-order valence-electron chi connectivity index (χ3n) is 3.39. The number of nitrogens with zero attached hydrogens (tertiary/aromatic N) is 3. The second-order valence-electron chi connectivity index (χ2n) is 5.21. The normalized spacial score (nSPS) is 15.6. The van der Waals surface area contributed by atoms with Crippen LogP contribution in [0, 0.1) is 0 Å². The highest BCUT2D eigenvalue weighted by molar-refractivity contribution is 8.18. The molecule has 0 spiro atoms. The van der Waals surface area contributed by atoms with E-state index in [9.17, 15) is 9.59 Å². The van der Waals surface area contributed by atoms with Crippen molar-refractivity contribution in [3.63, 3.8) is 0 Å². The lowest BCUT2D eigenvalue weighted by Gasteiger charge is -2.00. The summed E-state index contributed by atoms with van der Waals surface area (Å²) >= 11 is 7.01. The van der Waals surface area contributed by atoms with Crippen LogP contribution in [0.5, 0.6) is 0 Å². The molecule has 2 heterocycles. The van der Waals surface area contributed by atoms with Crippen molar-refractivity contribution in [1.29, 1.82) is 0 Å². The average molecular weight is 377 g/mol. The molecule has 0 aliphatic carbocycles. The molecule has 0 saturated carbocycles. The molecular formula is C16H13ClN4O3S. The van der Waals surface area contributed by atoms with E-state index in [-0.39, 0.29) is 18.1 Å². The number of carboxylic acids is 1. The SMILES string of the molecule is NC1=NC(=O)C(=Cc2cn(CCC(=O)O)nc2-c2ccc(Cl)cc2)S1. The van der Waals surface area contributed by atoms with Gasteiger partial charge < -0.3 is 10.8 Å². The zero-order chi connectivity index (χ0) is 18.0. The van der Waals surface area contributed by atoms with E-state index in [1.165, 1.54) is 0 Å². The minimum atomic E-state index is -0.911. The highest BCUT2D eigenvalue weighted by Crippen LogP contribution is 2.30. The smallest absolute Gasteiger partial charge is 0.305 e. The summed E-state index contributed by atoms with van der Waals surface area (Å²) in [6.07, 6.45) is 3.30. The van der Waals surface area contributed by atoms with E-state index in [2.05, 4.69) is 10.1 Å². The maximum absolute atomic E-state index is 11.8. The van der Waals surface area contributed by atoms with Gasteiger partial charge in [0.15, 0.2) is 5.17 Å². The molecule has 3 N–H and O–H groups in total. The van der Waals surface area contributed by atoms with E-state index in [1.54, 1.807) is 29.1 Å². The summed E-state index contributed by atoms with van der Waals surface area (Å²) in [6.45, 7) is 0.221. The molecule has 128 valence electrons. The first-order chi connectivity index (χ1) is 11.9. The van der Waals surface area contributed by atoms with Crippen LogP contribution >= 0.6 is 23.4 Å². The maximum atomic E-state index is 11.8. The molecule has 0 saturated heterocycles. The number of aryl methyl sites for hydroxylation is 1. The van der Waals surface area contributed by atoms with E-state index in [1.807, 2.05) is 12.1 Å². The van der Waals surface area contributed by atoms with Crippen LogP contribution in [0.3, 0.4) is 0 Å². The second-order valence-corrected chi connectivity index (χ2v) is 6.71. The van der Waals surface area contributed by atoms with Gasteiger partial charge in [0.05, 0.1) is 23.6 Å². The molecule has 1 aliphatic rings. The number of aliphatic imine (C=N–C) groups is 1. The lowest BCUT2D eigenvalue weighted by atomic mass is 10.1. The average Bonchev–Trinajstić information content (AvgIpc) is 3.09. The van der Waals surface area contributed by atoms with Gasteiger partial charge in [-0.15, -0.1) is 0 Å². The minimum Gasteiger partial charge on any atom is -0.481 e. The van der Waals surface area contributed by atoms with Gasteiger partial charge in [0, 0.05) is 22.3 Å². The molecule has 1 aromatic carbocycles. The molecule has 0 bridgehead atoms. The van der Waals surface area contributed by atoms with Gasteiger partial charge in [-0.2, -0.15) is 10.1 Å². The van der Waals surface area contributed by atoms with Gasteiger partial charge in [0.25, 0.3) is 5.91 Å². The van der Waals surface area contributed by atoms with Gasteiger partial charge in [-0.05, 0) is 30.0 Å². The predicted octanol–water partition coefficient (Wildman–Crippen LogP) is 2.61. The zero-order valence-electron chi connectivity index (χ0n) is 12.8. The van der Waals surface area contributed by atoms with Crippen molar-refractivity contribution in [2.45, 2.75) is 13.0 Å². The first-order valence-electron chi connectivity index (χ1n) is 7.25. The van der Waals surface area contributed by atoms with Crippen LogP contribution in [-0.2, 0) is 16.1 Å². The number of halogens is 1. The molecule has 3 rings (SSSR count). The van der Waals surface area contributed by atoms with Crippen LogP contribution in [0.25, 0.3) is 17.3 Å². The van der Waals surface area contributed by atoms with Gasteiger partial charge in [-0.1, -0.05) is 23.7 Å². The third kappa shape index (κ3) is 4.09. The number of amides is 1. The van der Waals surface area contributed by atoms with Crippen LogP contribution in [0.15, 0.2) is 40.4 Å². The summed E-state index contributed by atoms with van der Waals surface area (Å²) in [6, 6.07) is 7.09. The van der Waals surface area contributed by atoms with Crippen molar-refractivity contribution < 1.29 is 14.7 Å². The number of carbonyl (C=O) groups excluding carboxylic acids is 1. The number of thioether (sulfide) groups is 1. The van der Waals surface area contributed by atoms with Crippen molar-refractivity contribution in [2.75, 3.05) is 0 Å².